The van der Waals surface area contributed by atoms with Crippen LogP contribution < -0.4 is 15.6 Å². The van der Waals surface area contributed by atoms with Crippen LogP contribution >= 0.6 is 11.8 Å². The molecule has 0 saturated carbocycles. The third kappa shape index (κ3) is 5.32. The second-order valence-electron chi connectivity index (χ2n) is 6.50. The highest BCUT2D eigenvalue weighted by Gasteiger charge is 2.32. The van der Waals surface area contributed by atoms with Gasteiger partial charge in [0.2, 0.25) is 5.91 Å². The van der Waals surface area contributed by atoms with Gasteiger partial charge in [0.15, 0.2) is 5.16 Å². The third-order valence-electron chi connectivity index (χ3n) is 4.20. The predicted octanol–water partition coefficient (Wildman–Crippen LogP) is 3.55. The van der Waals surface area contributed by atoms with Gasteiger partial charge < -0.3 is 10.1 Å². The average Bonchev–Trinajstić information content (AvgIpc) is 2.68. The number of fused-ring (bicyclic) bond motifs is 1. The Morgan fingerprint density at radius 2 is 1.97 bits per heavy atom. The second kappa shape index (κ2) is 8.78. The molecule has 1 heterocycles. The summed E-state index contributed by atoms with van der Waals surface area (Å²) >= 11 is 1.07. The fourth-order valence-electron chi connectivity index (χ4n) is 2.74. The van der Waals surface area contributed by atoms with E-state index in [0.29, 0.717) is 16.1 Å². The predicted molar refractivity (Wildman–Crippen MR) is 107 cm³/mol. The Balaban J connectivity index is 1.65. The normalized spacial score (nSPS) is 11.5. The molecule has 6 nitrogen and oxygen atoms in total. The lowest BCUT2D eigenvalue weighted by molar-refractivity contribution is -0.274. The van der Waals surface area contributed by atoms with Gasteiger partial charge in [-0.2, -0.15) is 0 Å². The molecule has 0 aliphatic rings. The van der Waals surface area contributed by atoms with Crippen LogP contribution in [0.15, 0.2) is 52.4 Å². The van der Waals surface area contributed by atoms with Gasteiger partial charge in [0.05, 0.1) is 16.7 Å². The third-order valence-corrected chi connectivity index (χ3v) is 5.23. The summed E-state index contributed by atoms with van der Waals surface area (Å²) in [6, 6.07) is 10.9. The molecule has 0 fully saturated rings. The van der Waals surface area contributed by atoms with Gasteiger partial charge in [-0.15, -0.1) is 13.2 Å². The van der Waals surface area contributed by atoms with Crippen molar-refractivity contribution in [1.82, 2.24) is 14.9 Å². The molecule has 1 N–H and O–H groups in total. The number of thioether (sulfide) groups is 1. The molecule has 0 spiro atoms. The van der Waals surface area contributed by atoms with Crippen LogP contribution in [0.3, 0.4) is 0 Å². The van der Waals surface area contributed by atoms with Gasteiger partial charge in [0.25, 0.3) is 5.56 Å². The molecule has 1 amide bonds. The van der Waals surface area contributed by atoms with Crippen molar-refractivity contribution in [3.05, 3.63) is 63.9 Å². The van der Waals surface area contributed by atoms with Crippen molar-refractivity contribution in [2.75, 3.05) is 5.75 Å². The highest BCUT2D eigenvalue weighted by atomic mass is 32.2. The van der Waals surface area contributed by atoms with Gasteiger partial charge in [0.1, 0.15) is 5.75 Å². The van der Waals surface area contributed by atoms with E-state index in [1.807, 2.05) is 13.0 Å². The number of rotatable bonds is 6. The number of nitrogens with one attached hydrogen (secondary N) is 1. The van der Waals surface area contributed by atoms with Crippen molar-refractivity contribution < 1.29 is 22.7 Å². The first-order valence-corrected chi connectivity index (χ1v) is 9.83. The molecular weight excluding hydrogens is 419 g/mol. The minimum atomic E-state index is -4.82. The molecule has 0 atom stereocenters. The summed E-state index contributed by atoms with van der Waals surface area (Å²) in [6.07, 6.45) is -4.82. The number of ether oxygens (including phenoxy) is 1. The van der Waals surface area contributed by atoms with Crippen molar-refractivity contribution >= 4 is 28.6 Å². The van der Waals surface area contributed by atoms with Crippen LogP contribution in [-0.2, 0) is 18.4 Å². The van der Waals surface area contributed by atoms with Crippen molar-refractivity contribution in [2.24, 2.45) is 7.05 Å². The van der Waals surface area contributed by atoms with Crippen molar-refractivity contribution in [1.29, 1.82) is 0 Å². The van der Waals surface area contributed by atoms with Crippen LogP contribution in [0, 0.1) is 6.92 Å². The SMILES string of the molecule is Cc1ccc2nc(SCC(=O)NCc3ccccc3OC(F)(F)F)n(C)c(=O)c2c1. The van der Waals surface area contributed by atoms with E-state index in [2.05, 4.69) is 15.0 Å². The highest BCUT2D eigenvalue weighted by Crippen LogP contribution is 2.26. The highest BCUT2D eigenvalue weighted by molar-refractivity contribution is 7.99. The number of hydrogen-bond acceptors (Lipinski definition) is 5. The minimum absolute atomic E-state index is 0.0556. The van der Waals surface area contributed by atoms with Crippen molar-refractivity contribution in [3.63, 3.8) is 0 Å². The minimum Gasteiger partial charge on any atom is -0.405 e. The zero-order valence-corrected chi connectivity index (χ0v) is 16.9. The topological polar surface area (TPSA) is 73.2 Å². The van der Waals surface area contributed by atoms with Gasteiger partial charge in [0, 0.05) is 19.2 Å². The van der Waals surface area contributed by atoms with E-state index < -0.39 is 12.3 Å². The first-order chi connectivity index (χ1) is 14.1. The Bertz CT molecular complexity index is 1150. The van der Waals surface area contributed by atoms with Crippen LogP contribution in [0.4, 0.5) is 13.2 Å². The van der Waals surface area contributed by atoms with E-state index >= 15 is 0 Å². The molecule has 3 aromatic rings. The monoisotopic (exact) mass is 437 g/mol. The largest absolute Gasteiger partial charge is 0.573 e. The number of alkyl halides is 3. The molecule has 30 heavy (non-hydrogen) atoms. The second-order valence-corrected chi connectivity index (χ2v) is 7.44. The molecule has 1 aromatic heterocycles. The number of aryl methyl sites for hydroxylation is 1. The number of carbonyl (C=O) groups is 1. The number of carbonyl (C=O) groups excluding carboxylic acids is 1. The summed E-state index contributed by atoms with van der Waals surface area (Å²) in [4.78, 5) is 29.1. The molecule has 0 radical (unpaired) electrons. The summed E-state index contributed by atoms with van der Waals surface area (Å²) in [5, 5.41) is 3.41. The van der Waals surface area contributed by atoms with E-state index in [4.69, 9.17) is 0 Å². The van der Waals surface area contributed by atoms with Crippen LogP contribution in [0.1, 0.15) is 11.1 Å². The first-order valence-electron chi connectivity index (χ1n) is 8.84. The van der Waals surface area contributed by atoms with E-state index in [0.717, 1.165) is 17.3 Å². The zero-order valence-electron chi connectivity index (χ0n) is 16.1. The van der Waals surface area contributed by atoms with E-state index in [9.17, 15) is 22.8 Å². The smallest absolute Gasteiger partial charge is 0.405 e. The lowest BCUT2D eigenvalue weighted by atomic mass is 10.2. The van der Waals surface area contributed by atoms with Gasteiger partial charge in [-0.05, 0) is 25.1 Å². The molecule has 2 aromatic carbocycles. The number of nitrogens with zero attached hydrogens (tertiary/aromatic N) is 2. The van der Waals surface area contributed by atoms with Crippen LogP contribution in [0.25, 0.3) is 10.9 Å². The Morgan fingerprint density at radius 3 is 2.70 bits per heavy atom. The Labute approximate surface area is 174 Å². The number of aromatic nitrogens is 2. The first kappa shape index (κ1) is 21.7. The van der Waals surface area contributed by atoms with Gasteiger partial charge in [-0.3, -0.25) is 14.2 Å². The summed E-state index contributed by atoms with van der Waals surface area (Å²) in [5.41, 5.74) is 1.45. The number of para-hydroxylation sites is 1. The quantitative estimate of drug-likeness (QED) is 0.472. The lowest BCUT2D eigenvalue weighted by Crippen LogP contribution is -2.26. The van der Waals surface area contributed by atoms with E-state index in [1.54, 1.807) is 25.2 Å². The van der Waals surface area contributed by atoms with Gasteiger partial charge in [-0.1, -0.05) is 41.6 Å². The number of halogens is 3. The molecule has 3 rings (SSSR count). The van der Waals surface area contributed by atoms with Gasteiger partial charge in [-0.25, -0.2) is 4.98 Å². The number of amides is 1. The molecule has 158 valence electrons. The summed E-state index contributed by atoms with van der Waals surface area (Å²) < 4.78 is 42.8. The van der Waals surface area contributed by atoms with Crippen LogP contribution in [0.5, 0.6) is 5.75 Å². The Kier molecular flexibility index (Phi) is 6.35. The molecule has 0 bridgehead atoms. The van der Waals surface area contributed by atoms with Crippen LogP contribution in [-0.4, -0.2) is 27.6 Å². The lowest BCUT2D eigenvalue weighted by Gasteiger charge is -2.13. The molecular formula is C20H18F3N3O3S. The fourth-order valence-corrected chi connectivity index (χ4v) is 3.54. The maximum absolute atomic E-state index is 12.5. The van der Waals surface area contributed by atoms with Crippen LogP contribution in [0.2, 0.25) is 0 Å². The summed E-state index contributed by atoms with van der Waals surface area (Å²) in [7, 11) is 1.57. The molecule has 10 heteroatoms. The van der Waals surface area contributed by atoms with Gasteiger partial charge >= 0.3 is 6.36 Å². The van der Waals surface area contributed by atoms with Crippen molar-refractivity contribution in [3.8, 4) is 5.75 Å². The molecule has 0 saturated heterocycles. The van der Waals surface area contributed by atoms with E-state index in [-0.39, 0.29) is 29.2 Å². The number of hydrogen-bond donors (Lipinski definition) is 1. The molecule has 0 aliphatic heterocycles. The average molecular weight is 437 g/mol. The number of benzene rings is 2. The fraction of sp³-hybridized carbons (Fsp3) is 0.250. The Hall–Kier alpha value is -3.01. The van der Waals surface area contributed by atoms with E-state index in [1.165, 1.54) is 22.8 Å². The zero-order chi connectivity index (χ0) is 21.9. The maximum Gasteiger partial charge on any atom is 0.573 e. The summed E-state index contributed by atoms with van der Waals surface area (Å²) in [6.45, 7) is 1.75. The molecule has 0 aliphatic carbocycles. The van der Waals surface area contributed by atoms with Crippen molar-refractivity contribution in [2.45, 2.75) is 25.0 Å². The molecule has 0 unspecified atom stereocenters. The summed E-state index contributed by atoms with van der Waals surface area (Å²) in [5.74, 6) is -0.841. The standard InChI is InChI=1S/C20H18F3N3O3S/c1-12-7-8-15-14(9-12)18(28)26(2)19(25-15)30-11-17(27)24-10-13-5-3-4-6-16(13)29-20(21,22)23/h3-9H,10-11H2,1-2H3,(H,24,27). The Morgan fingerprint density at radius 1 is 1.23 bits per heavy atom. The maximum atomic E-state index is 12.5.